The monoisotopic (exact) mass is 413 g/mol. The van der Waals surface area contributed by atoms with Crippen LogP contribution >= 0.6 is 0 Å². The highest BCUT2D eigenvalue weighted by atomic mass is 16.5. The third-order valence-corrected chi connectivity index (χ3v) is 6.71. The predicted molar refractivity (Wildman–Crippen MR) is 107 cm³/mol. The zero-order valence-corrected chi connectivity index (χ0v) is 17.0. The lowest BCUT2D eigenvalue weighted by Crippen LogP contribution is -2.52. The summed E-state index contributed by atoms with van der Waals surface area (Å²) < 4.78 is 11.9. The highest BCUT2D eigenvalue weighted by Crippen LogP contribution is 2.33. The van der Waals surface area contributed by atoms with Crippen LogP contribution in [0.5, 0.6) is 5.75 Å². The SMILES string of the molecule is O=C1CCC(N2Cc3cc(O[C@H]4CCC[C@H]4N4CCOCC4)ccc3C2=O)C(=O)N1. The first-order valence-electron chi connectivity index (χ1n) is 10.9. The lowest BCUT2D eigenvalue weighted by molar-refractivity contribution is -0.136. The van der Waals surface area contributed by atoms with Crippen molar-refractivity contribution in [3.63, 3.8) is 0 Å². The third kappa shape index (κ3) is 3.58. The number of carbonyl (C=O) groups is 3. The molecule has 0 spiro atoms. The zero-order valence-electron chi connectivity index (χ0n) is 17.0. The van der Waals surface area contributed by atoms with Crippen molar-refractivity contribution in [2.45, 2.75) is 56.8 Å². The molecule has 2 saturated heterocycles. The lowest BCUT2D eigenvalue weighted by Gasteiger charge is -2.35. The van der Waals surface area contributed by atoms with Crippen molar-refractivity contribution < 1.29 is 23.9 Å². The second-order valence-electron chi connectivity index (χ2n) is 8.52. The first-order valence-corrected chi connectivity index (χ1v) is 10.9. The van der Waals surface area contributed by atoms with Gasteiger partial charge in [-0.2, -0.15) is 0 Å². The molecule has 1 aliphatic carbocycles. The molecule has 3 heterocycles. The number of hydrogen-bond acceptors (Lipinski definition) is 6. The Bertz CT molecular complexity index is 866. The Balaban J connectivity index is 1.28. The number of piperidine rings is 1. The number of nitrogens with one attached hydrogen (secondary N) is 1. The highest BCUT2D eigenvalue weighted by molar-refractivity contribution is 6.05. The number of fused-ring (bicyclic) bond motifs is 1. The van der Waals surface area contributed by atoms with Crippen molar-refractivity contribution in [3.05, 3.63) is 29.3 Å². The van der Waals surface area contributed by atoms with Crippen LogP contribution in [0.2, 0.25) is 0 Å². The van der Waals surface area contributed by atoms with Gasteiger partial charge in [0.25, 0.3) is 5.91 Å². The molecule has 3 atom stereocenters. The molecular weight excluding hydrogens is 386 g/mol. The third-order valence-electron chi connectivity index (χ3n) is 6.71. The number of hydrogen-bond donors (Lipinski definition) is 1. The van der Waals surface area contributed by atoms with Crippen molar-refractivity contribution in [1.29, 1.82) is 0 Å². The Labute approximate surface area is 175 Å². The summed E-state index contributed by atoms with van der Waals surface area (Å²) in [5, 5.41) is 2.34. The maximum Gasteiger partial charge on any atom is 0.255 e. The van der Waals surface area contributed by atoms with Crippen LogP contribution in [0.4, 0.5) is 0 Å². The van der Waals surface area contributed by atoms with E-state index in [0.29, 0.717) is 24.6 Å². The molecule has 1 saturated carbocycles. The number of imide groups is 1. The molecular formula is C22H27N3O5. The van der Waals surface area contributed by atoms with Crippen LogP contribution in [0.1, 0.15) is 48.0 Å². The summed E-state index contributed by atoms with van der Waals surface area (Å²) in [6, 6.07) is 5.42. The van der Waals surface area contributed by atoms with Gasteiger partial charge in [-0.1, -0.05) is 0 Å². The number of carbonyl (C=O) groups excluding carboxylic acids is 3. The van der Waals surface area contributed by atoms with E-state index in [0.717, 1.165) is 56.9 Å². The summed E-state index contributed by atoms with van der Waals surface area (Å²) in [5.74, 6) is -0.0411. The highest BCUT2D eigenvalue weighted by Gasteiger charge is 2.39. The summed E-state index contributed by atoms with van der Waals surface area (Å²) >= 11 is 0. The molecule has 3 amide bonds. The molecule has 8 nitrogen and oxygen atoms in total. The summed E-state index contributed by atoms with van der Waals surface area (Å²) in [6.45, 7) is 3.82. The maximum atomic E-state index is 12.8. The second-order valence-corrected chi connectivity index (χ2v) is 8.52. The minimum Gasteiger partial charge on any atom is -0.489 e. The van der Waals surface area contributed by atoms with Crippen molar-refractivity contribution in [2.24, 2.45) is 0 Å². The standard InChI is InChI=1S/C22H27N3O5/c26-20-7-6-18(21(27)23-20)25-13-14-12-15(4-5-16(14)22(25)28)30-19-3-1-2-17(19)24-8-10-29-11-9-24/h4-5,12,17-19H,1-3,6-11,13H2,(H,23,26,27)/t17-,18?,19+/m1/s1. The Morgan fingerprint density at radius 1 is 1.07 bits per heavy atom. The van der Waals surface area contributed by atoms with Gasteiger partial charge in [0.15, 0.2) is 0 Å². The Hall–Kier alpha value is -2.45. The maximum absolute atomic E-state index is 12.8. The first kappa shape index (κ1) is 19.5. The number of nitrogens with zero attached hydrogens (tertiary/aromatic N) is 2. The second kappa shape index (κ2) is 8.00. The Morgan fingerprint density at radius 2 is 1.90 bits per heavy atom. The average Bonchev–Trinajstić information content (AvgIpc) is 3.33. The summed E-state index contributed by atoms with van der Waals surface area (Å²) in [7, 11) is 0. The van der Waals surface area contributed by atoms with Gasteiger partial charge >= 0.3 is 0 Å². The van der Waals surface area contributed by atoms with Gasteiger partial charge in [0.2, 0.25) is 11.8 Å². The molecule has 30 heavy (non-hydrogen) atoms. The van der Waals surface area contributed by atoms with Gasteiger partial charge in [-0.25, -0.2) is 0 Å². The summed E-state index contributed by atoms with van der Waals surface area (Å²) in [6.07, 6.45) is 4.09. The van der Waals surface area contributed by atoms with Crippen LogP contribution in [0.25, 0.3) is 0 Å². The fourth-order valence-electron chi connectivity index (χ4n) is 5.17. The van der Waals surface area contributed by atoms with E-state index >= 15 is 0 Å². The topological polar surface area (TPSA) is 88.2 Å². The number of ether oxygens (including phenoxy) is 2. The van der Waals surface area contributed by atoms with E-state index in [9.17, 15) is 14.4 Å². The number of benzene rings is 1. The zero-order chi connectivity index (χ0) is 20.7. The van der Waals surface area contributed by atoms with Crippen LogP contribution in [0.3, 0.4) is 0 Å². The molecule has 3 fully saturated rings. The van der Waals surface area contributed by atoms with Gasteiger partial charge in [-0.3, -0.25) is 24.6 Å². The Kier molecular flexibility index (Phi) is 5.20. The van der Waals surface area contributed by atoms with Gasteiger partial charge in [0, 0.05) is 37.7 Å². The van der Waals surface area contributed by atoms with E-state index in [1.807, 2.05) is 12.1 Å². The largest absolute Gasteiger partial charge is 0.489 e. The van der Waals surface area contributed by atoms with Crippen LogP contribution in [-0.2, 0) is 20.9 Å². The van der Waals surface area contributed by atoms with Gasteiger partial charge < -0.3 is 14.4 Å². The molecule has 8 heteroatoms. The summed E-state index contributed by atoms with van der Waals surface area (Å²) in [4.78, 5) is 40.5. The van der Waals surface area contributed by atoms with E-state index in [-0.39, 0.29) is 30.2 Å². The quantitative estimate of drug-likeness (QED) is 0.744. The van der Waals surface area contributed by atoms with Crippen molar-refractivity contribution in [2.75, 3.05) is 26.3 Å². The smallest absolute Gasteiger partial charge is 0.255 e. The van der Waals surface area contributed by atoms with E-state index in [4.69, 9.17) is 9.47 Å². The lowest BCUT2D eigenvalue weighted by atomic mass is 10.0. The van der Waals surface area contributed by atoms with Crippen LogP contribution in [0, 0.1) is 0 Å². The van der Waals surface area contributed by atoms with Crippen LogP contribution in [-0.4, -0.2) is 72.0 Å². The number of amides is 3. The average molecular weight is 413 g/mol. The molecule has 4 aliphatic rings. The van der Waals surface area contributed by atoms with E-state index < -0.39 is 6.04 Å². The molecule has 0 aromatic heterocycles. The fraction of sp³-hybridized carbons (Fsp3) is 0.591. The molecule has 160 valence electrons. The van der Waals surface area contributed by atoms with Crippen molar-refractivity contribution in [3.8, 4) is 5.75 Å². The number of morpholine rings is 1. The fourth-order valence-corrected chi connectivity index (χ4v) is 5.17. The minimum atomic E-state index is -0.590. The normalized spacial score (nSPS) is 29.8. The van der Waals surface area contributed by atoms with Gasteiger partial charge in [-0.15, -0.1) is 0 Å². The van der Waals surface area contributed by atoms with Crippen molar-refractivity contribution >= 4 is 17.7 Å². The molecule has 0 bridgehead atoms. The van der Waals surface area contributed by atoms with E-state index in [2.05, 4.69) is 10.2 Å². The van der Waals surface area contributed by atoms with Crippen molar-refractivity contribution in [1.82, 2.24) is 15.1 Å². The van der Waals surface area contributed by atoms with Crippen LogP contribution < -0.4 is 10.1 Å². The van der Waals surface area contributed by atoms with E-state index in [1.54, 1.807) is 11.0 Å². The number of rotatable bonds is 4. The molecule has 0 radical (unpaired) electrons. The summed E-state index contributed by atoms with van der Waals surface area (Å²) in [5.41, 5.74) is 1.49. The molecule has 1 N–H and O–H groups in total. The van der Waals surface area contributed by atoms with Gasteiger partial charge in [0.1, 0.15) is 17.9 Å². The Morgan fingerprint density at radius 3 is 2.70 bits per heavy atom. The predicted octanol–water partition coefficient (Wildman–Crippen LogP) is 1.08. The molecule has 1 aromatic carbocycles. The molecule has 5 rings (SSSR count). The molecule has 1 unspecified atom stereocenters. The van der Waals surface area contributed by atoms with Gasteiger partial charge in [0.05, 0.1) is 13.2 Å². The minimum absolute atomic E-state index is 0.143. The van der Waals surface area contributed by atoms with E-state index in [1.165, 1.54) is 0 Å². The molecule has 1 aromatic rings. The van der Waals surface area contributed by atoms with Gasteiger partial charge in [-0.05, 0) is 49.4 Å². The van der Waals surface area contributed by atoms with Crippen LogP contribution in [0.15, 0.2) is 18.2 Å². The molecule has 3 aliphatic heterocycles. The first-order chi connectivity index (χ1) is 14.6.